The van der Waals surface area contributed by atoms with Gasteiger partial charge in [-0.1, -0.05) is 13.8 Å². The number of imidazole rings is 1. The van der Waals surface area contributed by atoms with E-state index in [0.29, 0.717) is 23.2 Å². The van der Waals surface area contributed by atoms with Crippen LogP contribution in [0.25, 0.3) is 5.69 Å². The molecular weight excluding hydrogens is 394 g/mol. The number of aryl methyl sites for hydroxylation is 1. The van der Waals surface area contributed by atoms with Gasteiger partial charge in [-0.15, -0.1) is 0 Å². The lowest BCUT2D eigenvalue weighted by molar-refractivity contribution is 0.324. The number of anilines is 2. The van der Waals surface area contributed by atoms with Crippen molar-refractivity contribution in [2.45, 2.75) is 39.5 Å². The van der Waals surface area contributed by atoms with Crippen LogP contribution < -0.4 is 19.5 Å². The first-order chi connectivity index (χ1) is 15.0. The monoisotopic (exact) mass is 423 g/mol. The van der Waals surface area contributed by atoms with Gasteiger partial charge in [0.2, 0.25) is 5.75 Å². The first-order valence-electron chi connectivity index (χ1n) is 10.5. The molecule has 0 bridgehead atoms. The van der Waals surface area contributed by atoms with Crippen LogP contribution in [0.5, 0.6) is 17.2 Å². The Hall–Kier alpha value is -3.29. The zero-order valence-electron chi connectivity index (χ0n) is 18.7. The first-order valence-corrected chi connectivity index (χ1v) is 10.5. The Balaban J connectivity index is 1.64. The van der Waals surface area contributed by atoms with E-state index in [0.717, 1.165) is 54.5 Å². The van der Waals surface area contributed by atoms with Crippen LogP contribution in [0.1, 0.15) is 37.4 Å². The van der Waals surface area contributed by atoms with Crippen LogP contribution in [0.4, 0.5) is 11.6 Å². The minimum Gasteiger partial charge on any atom is -0.493 e. The Morgan fingerprint density at radius 3 is 2.42 bits per heavy atom. The molecule has 0 saturated carbocycles. The van der Waals surface area contributed by atoms with Crippen LogP contribution in [0, 0.1) is 5.92 Å². The lowest BCUT2D eigenvalue weighted by Crippen LogP contribution is -2.08. The molecule has 0 atom stereocenters. The average Bonchev–Trinajstić information content (AvgIpc) is 3.41. The third-order valence-corrected chi connectivity index (χ3v) is 5.35. The van der Waals surface area contributed by atoms with Crippen molar-refractivity contribution in [3.05, 3.63) is 41.7 Å². The van der Waals surface area contributed by atoms with E-state index in [4.69, 9.17) is 24.2 Å². The third-order valence-electron chi connectivity index (χ3n) is 5.35. The molecule has 2 heterocycles. The van der Waals surface area contributed by atoms with Crippen molar-refractivity contribution in [1.82, 2.24) is 19.5 Å². The number of ether oxygens (including phenoxy) is 3. The number of fused-ring (bicyclic) bond motifs is 1. The maximum Gasteiger partial charge on any atom is 0.203 e. The van der Waals surface area contributed by atoms with Crippen molar-refractivity contribution in [1.29, 1.82) is 0 Å². The lowest BCUT2D eigenvalue weighted by Gasteiger charge is -2.14. The van der Waals surface area contributed by atoms with E-state index >= 15 is 0 Å². The number of methoxy groups -OCH3 is 3. The van der Waals surface area contributed by atoms with E-state index in [2.05, 4.69) is 24.1 Å². The van der Waals surface area contributed by atoms with Gasteiger partial charge in [0, 0.05) is 29.8 Å². The fourth-order valence-corrected chi connectivity index (χ4v) is 3.91. The van der Waals surface area contributed by atoms with E-state index in [9.17, 15) is 0 Å². The molecular formula is C23H29N5O3. The van der Waals surface area contributed by atoms with E-state index in [1.54, 1.807) is 27.7 Å². The average molecular weight is 424 g/mol. The molecule has 31 heavy (non-hydrogen) atoms. The largest absolute Gasteiger partial charge is 0.493 e. The summed E-state index contributed by atoms with van der Waals surface area (Å²) in [7, 11) is 4.80. The number of hydrogen-bond acceptors (Lipinski definition) is 7. The summed E-state index contributed by atoms with van der Waals surface area (Å²) in [5.41, 5.74) is 3.22. The van der Waals surface area contributed by atoms with Crippen molar-refractivity contribution in [3.8, 4) is 22.9 Å². The van der Waals surface area contributed by atoms with Crippen LogP contribution in [0.3, 0.4) is 0 Å². The number of aromatic nitrogens is 4. The third kappa shape index (κ3) is 4.28. The normalized spacial score (nSPS) is 12.7. The van der Waals surface area contributed by atoms with Gasteiger partial charge in [0.15, 0.2) is 11.5 Å². The van der Waals surface area contributed by atoms with Crippen molar-refractivity contribution >= 4 is 11.6 Å². The summed E-state index contributed by atoms with van der Waals surface area (Å²) in [4.78, 5) is 14.1. The molecule has 1 aliphatic rings. The summed E-state index contributed by atoms with van der Waals surface area (Å²) in [6.07, 6.45) is 7.65. The summed E-state index contributed by atoms with van der Waals surface area (Å²) < 4.78 is 18.3. The van der Waals surface area contributed by atoms with E-state index < -0.39 is 0 Å². The van der Waals surface area contributed by atoms with E-state index in [1.807, 2.05) is 22.9 Å². The number of nitrogens with zero attached hydrogens (tertiary/aromatic N) is 4. The molecule has 0 radical (unpaired) electrons. The molecule has 4 rings (SSSR count). The Morgan fingerprint density at radius 1 is 1.03 bits per heavy atom. The molecule has 0 aliphatic heterocycles. The molecule has 0 spiro atoms. The maximum absolute atomic E-state index is 5.47. The molecule has 8 heteroatoms. The highest BCUT2D eigenvalue weighted by Gasteiger charge is 2.21. The number of nitrogens with one attached hydrogen (secondary N) is 1. The van der Waals surface area contributed by atoms with Gasteiger partial charge >= 0.3 is 0 Å². The Labute approximate surface area is 182 Å². The molecule has 0 unspecified atom stereocenters. The second-order valence-corrected chi connectivity index (χ2v) is 8.04. The molecule has 1 N–H and O–H groups in total. The van der Waals surface area contributed by atoms with Gasteiger partial charge in [-0.2, -0.15) is 0 Å². The zero-order valence-corrected chi connectivity index (χ0v) is 18.7. The molecule has 0 fully saturated rings. The van der Waals surface area contributed by atoms with Gasteiger partial charge in [0.25, 0.3) is 0 Å². The van der Waals surface area contributed by atoms with Crippen molar-refractivity contribution in [2.24, 2.45) is 5.92 Å². The smallest absolute Gasteiger partial charge is 0.203 e. The predicted octanol–water partition coefficient (Wildman–Crippen LogP) is 4.12. The number of hydrogen-bond donors (Lipinski definition) is 1. The summed E-state index contributed by atoms with van der Waals surface area (Å²) >= 11 is 0. The van der Waals surface area contributed by atoms with Crippen LogP contribution in [-0.4, -0.2) is 40.8 Å². The van der Waals surface area contributed by atoms with Gasteiger partial charge in [0.1, 0.15) is 23.8 Å². The van der Waals surface area contributed by atoms with Crippen molar-refractivity contribution in [3.63, 3.8) is 0 Å². The highest BCUT2D eigenvalue weighted by molar-refractivity contribution is 5.61. The fourth-order valence-electron chi connectivity index (χ4n) is 3.91. The Morgan fingerprint density at radius 2 is 1.77 bits per heavy atom. The number of benzene rings is 1. The Kier molecular flexibility index (Phi) is 5.97. The topological polar surface area (TPSA) is 83.3 Å². The van der Waals surface area contributed by atoms with Gasteiger partial charge in [-0.3, -0.25) is 0 Å². The summed E-state index contributed by atoms with van der Waals surface area (Å²) in [5, 5.41) is 3.42. The molecule has 8 nitrogen and oxygen atoms in total. The quantitative estimate of drug-likeness (QED) is 0.583. The Bertz CT molecular complexity index is 1050. The molecule has 0 amide bonds. The van der Waals surface area contributed by atoms with E-state index in [1.165, 1.54) is 5.56 Å². The maximum atomic E-state index is 5.47. The number of rotatable bonds is 8. The van der Waals surface area contributed by atoms with Gasteiger partial charge in [-0.05, 0) is 25.2 Å². The van der Waals surface area contributed by atoms with Crippen LogP contribution in [0.2, 0.25) is 0 Å². The van der Waals surface area contributed by atoms with Gasteiger partial charge in [0.05, 0.1) is 33.2 Å². The molecule has 164 valence electrons. The minimum atomic E-state index is 0.506. The van der Waals surface area contributed by atoms with Gasteiger partial charge in [-0.25, -0.2) is 15.0 Å². The summed E-state index contributed by atoms with van der Waals surface area (Å²) in [6.45, 7) is 4.37. The second kappa shape index (κ2) is 8.83. The second-order valence-electron chi connectivity index (χ2n) is 8.04. The summed E-state index contributed by atoms with van der Waals surface area (Å²) in [6, 6.07) is 3.77. The first kappa shape index (κ1) is 21.0. The SMILES string of the molecule is COc1cc(-n2cnc(Nc3nc(CC(C)C)nc4c3CCC4)c2)cc(OC)c1OC. The van der Waals surface area contributed by atoms with Crippen LogP contribution in [-0.2, 0) is 19.3 Å². The highest BCUT2D eigenvalue weighted by Crippen LogP contribution is 2.39. The molecule has 1 aromatic carbocycles. The molecule has 3 aromatic rings. The zero-order chi connectivity index (χ0) is 22.0. The molecule has 1 aliphatic carbocycles. The summed E-state index contributed by atoms with van der Waals surface area (Å²) in [5.74, 6) is 4.72. The fraction of sp³-hybridized carbons (Fsp3) is 0.435. The van der Waals surface area contributed by atoms with Crippen molar-refractivity contribution in [2.75, 3.05) is 26.6 Å². The molecule has 0 saturated heterocycles. The van der Waals surface area contributed by atoms with Crippen molar-refractivity contribution < 1.29 is 14.2 Å². The minimum absolute atomic E-state index is 0.506. The van der Waals surface area contributed by atoms with Gasteiger partial charge < -0.3 is 24.1 Å². The molecule has 2 aromatic heterocycles. The van der Waals surface area contributed by atoms with Crippen LogP contribution >= 0.6 is 0 Å². The predicted molar refractivity (Wildman–Crippen MR) is 119 cm³/mol. The lowest BCUT2D eigenvalue weighted by atomic mass is 10.1. The standard InChI is InChI=1S/C23H29N5O3/c1-14(2)9-20-25-17-8-6-7-16(17)23(26-20)27-21-12-28(13-24-21)15-10-18(29-3)22(31-5)19(11-15)30-4/h10-14H,6-9H2,1-5H3,(H,25,26,27). The highest BCUT2D eigenvalue weighted by atomic mass is 16.5. The van der Waals surface area contributed by atoms with E-state index in [-0.39, 0.29) is 0 Å². The van der Waals surface area contributed by atoms with Crippen LogP contribution in [0.15, 0.2) is 24.7 Å².